The minimum atomic E-state index is -3.56. The molecule has 0 aromatic rings. The summed E-state index contributed by atoms with van der Waals surface area (Å²) in [6.45, 7) is 19.7. The van der Waals surface area contributed by atoms with E-state index in [1.54, 1.807) is 20.8 Å². The highest BCUT2D eigenvalue weighted by Gasteiger charge is 2.48. The number of Topliss-reactive ketones (excluding diaryl/α,β-unsaturated/α-hetero) is 1. The number of hydrogen-bond donors (Lipinski definition) is 4. The number of nitrogens with zero attached hydrogens (tertiary/aromatic N) is 1. The number of sulfone groups is 1. The number of nitrogens with one attached hydrogen (secondary N) is 4. The number of rotatable bonds is 11. The van der Waals surface area contributed by atoms with Gasteiger partial charge >= 0.3 is 6.03 Å². The van der Waals surface area contributed by atoms with Crippen molar-refractivity contribution in [2.24, 2.45) is 16.7 Å². The molecule has 46 heavy (non-hydrogen) atoms. The first kappa shape index (κ1) is 39.2. The molecule has 1 aliphatic heterocycles. The number of hydrogen-bond acceptors (Lipinski definition) is 7. The molecular weight excluding hydrogens is 610 g/mol. The van der Waals surface area contributed by atoms with Crippen molar-refractivity contribution in [3.05, 3.63) is 12.7 Å². The zero-order chi connectivity index (χ0) is 35.3. The lowest BCUT2D eigenvalue weighted by molar-refractivity contribution is -0.150. The predicted octanol–water partition coefficient (Wildman–Crippen LogP) is 2.87. The Labute approximate surface area is 275 Å². The highest BCUT2D eigenvalue weighted by Crippen LogP contribution is 2.39. The standard InChI is InChI=1S/C33H57N5O7S/c1-11-17-34-27(41)24(39)19-35-26(40)23-18-32(9,10)22(2)20-38(23)28(42)25(30(3,4)5)36-29(43)37-33(15-13-12-14-16-33)21-46(44,45)31(6,7)8/h11,22-23,25H,1,12-21H2,2-10H3,(H,34,41)(H,35,40)(H2,36,37,43)/t22?,23-,25+/m0/s1. The van der Waals surface area contributed by atoms with Crippen LogP contribution in [0.5, 0.6) is 0 Å². The molecule has 0 aromatic heterocycles. The monoisotopic (exact) mass is 667 g/mol. The van der Waals surface area contributed by atoms with Crippen LogP contribution >= 0.6 is 0 Å². The fourth-order valence-electron chi connectivity index (χ4n) is 5.92. The number of piperidine rings is 1. The number of likely N-dealkylation sites (tertiary alicyclic amines) is 1. The molecule has 1 heterocycles. The lowest BCUT2D eigenvalue weighted by Crippen LogP contribution is -2.66. The second-order valence-electron chi connectivity index (χ2n) is 15.8. The van der Waals surface area contributed by atoms with Crippen molar-refractivity contribution in [3.8, 4) is 0 Å². The average molecular weight is 668 g/mol. The van der Waals surface area contributed by atoms with Gasteiger partial charge in [0.05, 0.1) is 22.6 Å². The maximum atomic E-state index is 14.3. The molecule has 12 nitrogen and oxygen atoms in total. The second-order valence-corrected chi connectivity index (χ2v) is 18.6. The summed E-state index contributed by atoms with van der Waals surface area (Å²) in [5.74, 6) is -2.89. The van der Waals surface area contributed by atoms with E-state index < -0.39 is 73.7 Å². The maximum absolute atomic E-state index is 14.3. The van der Waals surface area contributed by atoms with E-state index in [0.717, 1.165) is 19.3 Å². The van der Waals surface area contributed by atoms with Crippen LogP contribution in [0.4, 0.5) is 4.79 Å². The van der Waals surface area contributed by atoms with Gasteiger partial charge in [-0.1, -0.05) is 66.9 Å². The zero-order valence-corrected chi connectivity index (χ0v) is 30.1. The molecule has 1 aliphatic carbocycles. The Kier molecular flexibility index (Phi) is 12.7. The molecule has 1 saturated heterocycles. The number of ketones is 1. The SMILES string of the molecule is C=CCNC(=O)C(=O)CNC(=O)[C@@H]1CC(C)(C)C(C)CN1C(=O)[C@@H](NC(=O)NC1(CS(=O)(=O)C(C)(C)C)CCCCC1)C(C)(C)C. The number of carbonyl (C=O) groups excluding carboxylic acids is 5. The van der Waals surface area contributed by atoms with Gasteiger partial charge in [0.1, 0.15) is 12.1 Å². The summed E-state index contributed by atoms with van der Waals surface area (Å²) in [5.41, 5.74) is -2.06. The summed E-state index contributed by atoms with van der Waals surface area (Å²) in [4.78, 5) is 67.2. The normalized spacial score (nSPS) is 22.2. The second kappa shape index (κ2) is 14.9. The van der Waals surface area contributed by atoms with Crippen LogP contribution in [0.3, 0.4) is 0 Å². The van der Waals surface area contributed by atoms with Gasteiger partial charge in [-0.2, -0.15) is 0 Å². The number of urea groups is 1. The van der Waals surface area contributed by atoms with Crippen molar-refractivity contribution in [2.75, 3.05) is 25.4 Å². The van der Waals surface area contributed by atoms with Gasteiger partial charge in [0.15, 0.2) is 9.84 Å². The molecule has 262 valence electrons. The Hall–Kier alpha value is -2.96. The van der Waals surface area contributed by atoms with Crippen molar-refractivity contribution in [1.82, 2.24) is 26.2 Å². The van der Waals surface area contributed by atoms with Gasteiger partial charge in [0.2, 0.25) is 17.6 Å². The molecule has 0 spiro atoms. The molecule has 2 aliphatic rings. The molecule has 13 heteroatoms. The Morgan fingerprint density at radius 1 is 0.978 bits per heavy atom. The van der Waals surface area contributed by atoms with Gasteiger partial charge in [-0.3, -0.25) is 19.2 Å². The van der Waals surface area contributed by atoms with Crippen LogP contribution in [0.15, 0.2) is 12.7 Å². The van der Waals surface area contributed by atoms with E-state index in [1.165, 1.54) is 11.0 Å². The van der Waals surface area contributed by atoms with E-state index >= 15 is 0 Å². The average Bonchev–Trinajstić information content (AvgIpc) is 2.92. The predicted molar refractivity (Wildman–Crippen MR) is 179 cm³/mol. The van der Waals surface area contributed by atoms with Crippen LogP contribution in [0.1, 0.15) is 101 Å². The molecule has 1 unspecified atom stereocenters. The molecule has 2 fully saturated rings. The third-order valence-corrected chi connectivity index (χ3v) is 12.3. The van der Waals surface area contributed by atoms with Gasteiger partial charge in [0.25, 0.3) is 5.91 Å². The Bertz CT molecular complexity index is 1270. The highest BCUT2D eigenvalue weighted by molar-refractivity contribution is 7.92. The zero-order valence-electron chi connectivity index (χ0n) is 29.3. The van der Waals surface area contributed by atoms with E-state index in [-0.39, 0.29) is 30.2 Å². The van der Waals surface area contributed by atoms with Crippen LogP contribution in [-0.4, -0.2) is 90.6 Å². The molecule has 2 rings (SSSR count). The maximum Gasteiger partial charge on any atom is 0.315 e. The molecular formula is C33H57N5O7S. The van der Waals surface area contributed by atoms with E-state index in [0.29, 0.717) is 19.3 Å². The minimum absolute atomic E-state index is 0.00868. The first-order valence-electron chi connectivity index (χ1n) is 16.3. The van der Waals surface area contributed by atoms with Crippen molar-refractivity contribution in [1.29, 1.82) is 0 Å². The van der Waals surface area contributed by atoms with Crippen LogP contribution in [0.2, 0.25) is 0 Å². The Balaban J connectivity index is 2.33. The first-order valence-corrected chi connectivity index (χ1v) is 17.9. The molecule has 5 amide bonds. The third kappa shape index (κ3) is 10.0. The largest absolute Gasteiger partial charge is 0.347 e. The lowest BCUT2D eigenvalue weighted by atomic mass is 9.71. The van der Waals surface area contributed by atoms with Crippen molar-refractivity contribution in [2.45, 2.75) is 123 Å². The summed E-state index contributed by atoms with van der Waals surface area (Å²) >= 11 is 0. The molecule has 0 bridgehead atoms. The number of carbonyl (C=O) groups is 5. The molecule has 3 atom stereocenters. The third-order valence-electron chi connectivity index (χ3n) is 9.55. The fourth-order valence-corrected chi connectivity index (χ4v) is 7.44. The first-order chi connectivity index (χ1) is 21.0. The van der Waals surface area contributed by atoms with Gasteiger partial charge in [-0.15, -0.1) is 6.58 Å². The van der Waals surface area contributed by atoms with Gasteiger partial charge in [-0.05, 0) is 56.8 Å². The lowest BCUT2D eigenvalue weighted by Gasteiger charge is -2.48. The van der Waals surface area contributed by atoms with E-state index in [4.69, 9.17) is 0 Å². The highest BCUT2D eigenvalue weighted by atomic mass is 32.2. The summed E-state index contributed by atoms with van der Waals surface area (Å²) in [6, 6.07) is -2.64. The van der Waals surface area contributed by atoms with Crippen molar-refractivity contribution >= 4 is 39.4 Å². The summed E-state index contributed by atoms with van der Waals surface area (Å²) in [6.07, 6.45) is 5.25. The van der Waals surface area contributed by atoms with E-state index in [1.807, 2.05) is 41.5 Å². The summed E-state index contributed by atoms with van der Waals surface area (Å²) in [5, 5.41) is 10.7. The van der Waals surface area contributed by atoms with Crippen LogP contribution in [-0.2, 0) is 29.0 Å². The molecule has 0 aromatic carbocycles. The molecule has 0 radical (unpaired) electrons. The van der Waals surface area contributed by atoms with Crippen LogP contribution in [0, 0.1) is 16.7 Å². The fraction of sp³-hybridized carbons (Fsp3) is 0.788. The van der Waals surface area contributed by atoms with Gasteiger partial charge in [0, 0.05) is 13.1 Å². The quantitative estimate of drug-likeness (QED) is 0.194. The van der Waals surface area contributed by atoms with Crippen molar-refractivity contribution in [3.63, 3.8) is 0 Å². The van der Waals surface area contributed by atoms with E-state index in [2.05, 4.69) is 27.8 Å². The van der Waals surface area contributed by atoms with Crippen LogP contribution in [0.25, 0.3) is 0 Å². The topological polar surface area (TPSA) is 171 Å². The van der Waals surface area contributed by atoms with Gasteiger partial charge in [-0.25, -0.2) is 13.2 Å². The molecule has 4 N–H and O–H groups in total. The summed E-state index contributed by atoms with van der Waals surface area (Å²) in [7, 11) is -3.56. The summed E-state index contributed by atoms with van der Waals surface area (Å²) < 4.78 is 25.5. The van der Waals surface area contributed by atoms with E-state index in [9.17, 15) is 32.4 Å². The minimum Gasteiger partial charge on any atom is -0.347 e. The van der Waals surface area contributed by atoms with Crippen LogP contribution < -0.4 is 21.3 Å². The number of amides is 5. The van der Waals surface area contributed by atoms with Gasteiger partial charge < -0.3 is 26.2 Å². The smallest absolute Gasteiger partial charge is 0.315 e. The molecule has 1 saturated carbocycles. The van der Waals surface area contributed by atoms with Crippen molar-refractivity contribution < 1.29 is 32.4 Å². The Morgan fingerprint density at radius 3 is 2.09 bits per heavy atom. The Morgan fingerprint density at radius 2 is 1.57 bits per heavy atom.